The Bertz CT molecular complexity index is 435. The highest BCUT2D eigenvalue weighted by Crippen LogP contribution is 2.11. The number of guanidine groups is 1. The second-order valence-corrected chi connectivity index (χ2v) is 5.33. The van der Waals surface area contributed by atoms with Gasteiger partial charge in [0, 0.05) is 13.0 Å². The van der Waals surface area contributed by atoms with Crippen molar-refractivity contribution in [3.8, 4) is 0 Å². The molecule has 0 aromatic heterocycles. The minimum Gasteiger partial charge on any atom is -0.480 e. The van der Waals surface area contributed by atoms with Gasteiger partial charge in [0.1, 0.15) is 6.54 Å². The molecule has 126 valence electrons. The van der Waals surface area contributed by atoms with Crippen molar-refractivity contribution >= 4 is 24.0 Å². The first-order valence-electron chi connectivity index (χ1n) is 6.74. The fourth-order valence-electron chi connectivity index (χ4n) is 1.16. The van der Waals surface area contributed by atoms with Gasteiger partial charge in [-0.25, -0.2) is 4.79 Å². The number of carbonyl (C=O) groups is 3. The number of alkyl carbamates (subject to hydrolysis) is 1. The van der Waals surface area contributed by atoms with E-state index in [0.717, 1.165) is 4.90 Å². The Morgan fingerprint density at radius 2 is 1.73 bits per heavy atom. The molecule has 9 heteroatoms. The molecule has 0 saturated carbocycles. The molecule has 0 aromatic carbocycles. The second-order valence-electron chi connectivity index (χ2n) is 5.33. The Hall–Kier alpha value is -2.32. The van der Waals surface area contributed by atoms with Crippen LogP contribution in [0.2, 0.25) is 0 Å². The number of nitrogens with one attached hydrogen (secondary N) is 2. The summed E-state index contributed by atoms with van der Waals surface area (Å²) in [7, 11) is 1.33. The van der Waals surface area contributed by atoms with Crippen LogP contribution in [0.4, 0.5) is 4.79 Å². The van der Waals surface area contributed by atoms with Crippen molar-refractivity contribution in [2.24, 2.45) is 11.8 Å². The standard InChI is InChI=1S/C13H23N3O6/c1-7(2)10(19)21-11(8(3)4)22-13(20)15-12(14)16(5)6-9(17)18/h7-8,11H,6H2,1-5H3,(H,17,18)(H2,14,15,20). The van der Waals surface area contributed by atoms with Gasteiger partial charge in [-0.3, -0.25) is 20.3 Å². The summed E-state index contributed by atoms with van der Waals surface area (Å²) in [5.74, 6) is -2.74. The van der Waals surface area contributed by atoms with Crippen LogP contribution < -0.4 is 5.32 Å². The molecule has 0 aromatic rings. The predicted molar refractivity (Wildman–Crippen MR) is 77.2 cm³/mol. The van der Waals surface area contributed by atoms with Crippen LogP contribution in [0.15, 0.2) is 0 Å². The van der Waals surface area contributed by atoms with Crippen molar-refractivity contribution in [1.82, 2.24) is 10.2 Å². The summed E-state index contributed by atoms with van der Waals surface area (Å²) in [5.41, 5.74) is 0. The van der Waals surface area contributed by atoms with Gasteiger partial charge in [0.05, 0.1) is 5.92 Å². The van der Waals surface area contributed by atoms with Crippen LogP contribution >= 0.6 is 0 Å². The van der Waals surface area contributed by atoms with Crippen LogP contribution in [-0.2, 0) is 19.1 Å². The molecule has 0 fully saturated rings. The van der Waals surface area contributed by atoms with E-state index < -0.39 is 36.8 Å². The number of aliphatic carboxylic acids is 1. The minimum atomic E-state index is -1.15. The highest BCUT2D eigenvalue weighted by atomic mass is 16.7. The molecule has 0 aliphatic rings. The Labute approximate surface area is 129 Å². The highest BCUT2D eigenvalue weighted by molar-refractivity contribution is 5.93. The molecular formula is C13H23N3O6. The highest BCUT2D eigenvalue weighted by Gasteiger charge is 2.25. The van der Waals surface area contributed by atoms with Gasteiger partial charge >= 0.3 is 18.0 Å². The molecule has 3 N–H and O–H groups in total. The summed E-state index contributed by atoms with van der Waals surface area (Å²) >= 11 is 0. The fourth-order valence-corrected chi connectivity index (χ4v) is 1.16. The van der Waals surface area contributed by atoms with E-state index in [9.17, 15) is 14.4 Å². The van der Waals surface area contributed by atoms with E-state index in [1.165, 1.54) is 7.05 Å². The Morgan fingerprint density at radius 1 is 1.18 bits per heavy atom. The molecule has 0 rings (SSSR count). The van der Waals surface area contributed by atoms with Gasteiger partial charge in [0.2, 0.25) is 5.96 Å². The smallest absolute Gasteiger partial charge is 0.417 e. The summed E-state index contributed by atoms with van der Waals surface area (Å²) in [4.78, 5) is 34.7. The van der Waals surface area contributed by atoms with E-state index in [-0.39, 0.29) is 11.8 Å². The Kier molecular flexibility index (Phi) is 7.92. The number of carboxylic acids is 1. The third-order valence-electron chi connectivity index (χ3n) is 2.45. The number of carbonyl (C=O) groups excluding carboxylic acids is 2. The van der Waals surface area contributed by atoms with Crippen molar-refractivity contribution in [3.05, 3.63) is 0 Å². The molecule has 1 unspecified atom stereocenters. The van der Waals surface area contributed by atoms with Crippen molar-refractivity contribution in [3.63, 3.8) is 0 Å². The lowest BCUT2D eigenvalue weighted by Gasteiger charge is -2.23. The number of rotatable bonds is 6. The number of nitrogens with zero attached hydrogens (tertiary/aromatic N) is 1. The molecule has 0 saturated heterocycles. The summed E-state index contributed by atoms with van der Waals surface area (Å²) in [5, 5.41) is 18.2. The van der Waals surface area contributed by atoms with Crippen LogP contribution in [0.3, 0.4) is 0 Å². The number of hydrogen-bond acceptors (Lipinski definition) is 6. The number of ether oxygens (including phenoxy) is 2. The Morgan fingerprint density at radius 3 is 2.14 bits per heavy atom. The zero-order chi connectivity index (χ0) is 17.4. The molecule has 0 bridgehead atoms. The zero-order valence-electron chi connectivity index (χ0n) is 13.4. The molecule has 0 aliphatic heterocycles. The molecule has 1 atom stereocenters. The van der Waals surface area contributed by atoms with Gasteiger partial charge in [0.15, 0.2) is 0 Å². The Balaban J connectivity index is 4.55. The van der Waals surface area contributed by atoms with Crippen molar-refractivity contribution in [1.29, 1.82) is 5.41 Å². The molecule has 0 radical (unpaired) electrons. The van der Waals surface area contributed by atoms with E-state index in [1.807, 2.05) is 0 Å². The lowest BCUT2D eigenvalue weighted by Crippen LogP contribution is -2.45. The molecular weight excluding hydrogens is 294 g/mol. The van der Waals surface area contributed by atoms with Crippen LogP contribution in [0.25, 0.3) is 0 Å². The molecule has 0 spiro atoms. The maximum Gasteiger partial charge on any atom is 0.417 e. The van der Waals surface area contributed by atoms with Crippen LogP contribution in [0, 0.1) is 17.2 Å². The largest absolute Gasteiger partial charge is 0.480 e. The summed E-state index contributed by atoms with van der Waals surface area (Å²) in [6.45, 7) is 6.25. The van der Waals surface area contributed by atoms with Crippen molar-refractivity contribution in [2.45, 2.75) is 34.0 Å². The van der Waals surface area contributed by atoms with Gasteiger partial charge < -0.3 is 19.5 Å². The maximum absolute atomic E-state index is 11.7. The third kappa shape index (κ3) is 7.46. The lowest BCUT2D eigenvalue weighted by molar-refractivity contribution is -0.178. The average Bonchev–Trinajstić information content (AvgIpc) is 2.36. The first kappa shape index (κ1) is 19.7. The first-order valence-corrected chi connectivity index (χ1v) is 6.74. The summed E-state index contributed by atoms with van der Waals surface area (Å²) in [6.07, 6.45) is -2.09. The van der Waals surface area contributed by atoms with Gasteiger partial charge in [-0.05, 0) is 0 Å². The summed E-state index contributed by atoms with van der Waals surface area (Å²) in [6, 6.07) is 0. The number of esters is 1. The number of likely N-dealkylation sites (N-methyl/N-ethyl adjacent to an activating group) is 1. The van der Waals surface area contributed by atoms with Crippen molar-refractivity contribution < 1.29 is 29.0 Å². The number of hydrogen-bond donors (Lipinski definition) is 3. The van der Waals surface area contributed by atoms with Gasteiger partial charge in [0.25, 0.3) is 6.29 Å². The van der Waals surface area contributed by atoms with Crippen LogP contribution in [0.5, 0.6) is 0 Å². The molecule has 22 heavy (non-hydrogen) atoms. The zero-order valence-corrected chi connectivity index (χ0v) is 13.4. The molecule has 1 amide bonds. The molecule has 0 aliphatic carbocycles. The minimum absolute atomic E-state index is 0.278. The molecule has 9 nitrogen and oxygen atoms in total. The lowest BCUT2D eigenvalue weighted by atomic mass is 10.2. The monoisotopic (exact) mass is 317 g/mol. The van der Waals surface area contributed by atoms with E-state index >= 15 is 0 Å². The number of carboxylic acid groups (broad SMARTS) is 1. The van der Waals surface area contributed by atoms with Crippen LogP contribution in [0.1, 0.15) is 27.7 Å². The number of amides is 1. The topological polar surface area (TPSA) is 129 Å². The maximum atomic E-state index is 11.7. The van der Waals surface area contributed by atoms with Crippen LogP contribution in [-0.4, -0.2) is 53.9 Å². The normalized spacial score (nSPS) is 11.8. The molecule has 0 heterocycles. The fraction of sp³-hybridized carbons (Fsp3) is 0.692. The predicted octanol–water partition coefficient (Wildman–Crippen LogP) is 0.845. The van der Waals surface area contributed by atoms with E-state index in [4.69, 9.17) is 20.0 Å². The van der Waals surface area contributed by atoms with E-state index in [2.05, 4.69) is 5.32 Å². The summed E-state index contributed by atoms with van der Waals surface area (Å²) < 4.78 is 10.0. The van der Waals surface area contributed by atoms with E-state index in [1.54, 1.807) is 27.7 Å². The SMILES string of the molecule is CC(C)C(=O)OC(OC(=O)NC(=N)N(C)CC(=O)O)C(C)C. The average molecular weight is 317 g/mol. The van der Waals surface area contributed by atoms with E-state index in [0.29, 0.717) is 0 Å². The third-order valence-corrected chi connectivity index (χ3v) is 2.45. The second kappa shape index (κ2) is 8.85. The quantitative estimate of drug-likeness (QED) is 0.286. The van der Waals surface area contributed by atoms with Crippen molar-refractivity contribution in [2.75, 3.05) is 13.6 Å². The van der Waals surface area contributed by atoms with Gasteiger partial charge in [-0.15, -0.1) is 0 Å². The van der Waals surface area contributed by atoms with Gasteiger partial charge in [-0.1, -0.05) is 27.7 Å². The van der Waals surface area contributed by atoms with Gasteiger partial charge in [-0.2, -0.15) is 0 Å². The first-order chi connectivity index (χ1) is 10.0.